The quantitative estimate of drug-likeness (QED) is 0.686. The Morgan fingerprint density at radius 2 is 1.65 bits per heavy atom. The van der Waals surface area contributed by atoms with Crippen molar-refractivity contribution in [2.75, 3.05) is 41.5 Å². The Balaban J connectivity index is 1.82. The number of hydrogen-bond donors (Lipinski definition) is 1. The number of aliphatic hydroxyl groups is 1. The first-order valence-electron chi connectivity index (χ1n) is 9.34. The first-order valence-corrected chi connectivity index (χ1v) is 9.34. The molecular formula is C20H33NO5. The zero-order valence-corrected chi connectivity index (χ0v) is 16.5. The molecule has 1 atom stereocenters. The first-order chi connectivity index (χ1) is 12.6. The highest BCUT2D eigenvalue weighted by Gasteiger charge is 2.20. The molecule has 0 amide bonds. The van der Waals surface area contributed by atoms with Crippen LogP contribution in [0.2, 0.25) is 0 Å². The minimum absolute atomic E-state index is 0.299. The standard InChI is InChI=1S/C20H33NO5/c1-21(16-8-6-5-7-9-16)12-17(22)14-26-13-15-10-18(23-2)20(25-4)19(11-15)24-3/h10-11,16-17,22H,5-9,12-14H2,1-4H3/t17-/m0/s1. The van der Waals surface area contributed by atoms with E-state index >= 15 is 0 Å². The molecule has 1 aromatic rings. The van der Waals surface area contributed by atoms with Crippen molar-refractivity contribution in [2.24, 2.45) is 0 Å². The third kappa shape index (κ3) is 5.76. The average molecular weight is 367 g/mol. The summed E-state index contributed by atoms with van der Waals surface area (Å²) < 4.78 is 21.7. The smallest absolute Gasteiger partial charge is 0.203 e. The maximum atomic E-state index is 10.3. The Bertz CT molecular complexity index is 520. The summed E-state index contributed by atoms with van der Waals surface area (Å²) in [6.45, 7) is 1.31. The van der Waals surface area contributed by atoms with E-state index in [0.29, 0.717) is 43.0 Å². The summed E-state index contributed by atoms with van der Waals surface area (Å²) in [5, 5.41) is 10.3. The van der Waals surface area contributed by atoms with E-state index in [-0.39, 0.29) is 0 Å². The highest BCUT2D eigenvalue weighted by molar-refractivity contribution is 5.53. The highest BCUT2D eigenvalue weighted by Crippen LogP contribution is 2.38. The number of benzene rings is 1. The van der Waals surface area contributed by atoms with Gasteiger partial charge < -0.3 is 29.0 Å². The van der Waals surface area contributed by atoms with Crippen molar-refractivity contribution in [3.8, 4) is 17.2 Å². The van der Waals surface area contributed by atoms with Crippen molar-refractivity contribution in [3.63, 3.8) is 0 Å². The molecule has 1 N–H and O–H groups in total. The predicted octanol–water partition coefficient (Wildman–Crippen LogP) is 2.85. The predicted molar refractivity (Wildman–Crippen MR) is 101 cm³/mol. The molecule has 0 unspecified atom stereocenters. The van der Waals surface area contributed by atoms with E-state index in [4.69, 9.17) is 18.9 Å². The minimum atomic E-state index is -0.496. The number of ether oxygens (including phenoxy) is 4. The van der Waals surface area contributed by atoms with Crippen molar-refractivity contribution in [2.45, 2.75) is 50.9 Å². The summed E-state index contributed by atoms with van der Waals surface area (Å²) in [7, 11) is 6.85. The average Bonchev–Trinajstić information content (AvgIpc) is 2.67. The van der Waals surface area contributed by atoms with Crippen molar-refractivity contribution in [1.82, 2.24) is 4.90 Å². The number of methoxy groups -OCH3 is 3. The van der Waals surface area contributed by atoms with Gasteiger partial charge in [-0.1, -0.05) is 19.3 Å². The Hall–Kier alpha value is -1.50. The molecule has 0 aliphatic heterocycles. The van der Waals surface area contributed by atoms with Gasteiger partial charge in [0.25, 0.3) is 0 Å². The molecule has 1 fully saturated rings. The molecule has 2 rings (SSSR count). The van der Waals surface area contributed by atoms with Crippen LogP contribution in [-0.2, 0) is 11.3 Å². The lowest BCUT2D eigenvalue weighted by Crippen LogP contribution is -2.40. The van der Waals surface area contributed by atoms with Crippen molar-refractivity contribution < 1.29 is 24.1 Å². The van der Waals surface area contributed by atoms with Crippen LogP contribution in [0.3, 0.4) is 0 Å². The largest absolute Gasteiger partial charge is 0.493 e. The van der Waals surface area contributed by atoms with Crippen LogP contribution in [0.5, 0.6) is 17.2 Å². The molecule has 6 heteroatoms. The lowest BCUT2D eigenvalue weighted by Gasteiger charge is -2.32. The molecule has 0 aromatic heterocycles. The number of aliphatic hydroxyl groups excluding tert-OH is 1. The second kappa shape index (κ2) is 10.6. The Morgan fingerprint density at radius 3 is 2.19 bits per heavy atom. The fourth-order valence-corrected chi connectivity index (χ4v) is 3.59. The van der Waals surface area contributed by atoms with Gasteiger partial charge in [-0.25, -0.2) is 0 Å². The molecule has 26 heavy (non-hydrogen) atoms. The third-order valence-electron chi connectivity index (χ3n) is 5.00. The highest BCUT2D eigenvalue weighted by atomic mass is 16.5. The summed E-state index contributed by atoms with van der Waals surface area (Å²) in [6, 6.07) is 4.32. The second-order valence-electron chi connectivity index (χ2n) is 6.93. The van der Waals surface area contributed by atoms with Gasteiger partial charge in [-0.3, -0.25) is 0 Å². The van der Waals surface area contributed by atoms with E-state index < -0.39 is 6.10 Å². The topological polar surface area (TPSA) is 60.4 Å². The second-order valence-corrected chi connectivity index (χ2v) is 6.93. The number of likely N-dealkylation sites (N-methyl/N-ethyl adjacent to an activating group) is 1. The van der Waals surface area contributed by atoms with Gasteiger partial charge in [-0.2, -0.15) is 0 Å². The lowest BCUT2D eigenvalue weighted by atomic mass is 9.94. The molecule has 148 valence electrons. The van der Waals surface area contributed by atoms with E-state index in [1.54, 1.807) is 21.3 Å². The van der Waals surface area contributed by atoms with E-state index in [0.717, 1.165) is 5.56 Å². The van der Waals surface area contributed by atoms with E-state index in [1.807, 2.05) is 12.1 Å². The van der Waals surface area contributed by atoms with Gasteiger partial charge in [0.2, 0.25) is 5.75 Å². The number of hydrogen-bond acceptors (Lipinski definition) is 6. The van der Waals surface area contributed by atoms with Crippen LogP contribution in [0.1, 0.15) is 37.7 Å². The monoisotopic (exact) mass is 367 g/mol. The van der Waals surface area contributed by atoms with Crippen LogP contribution in [-0.4, -0.2) is 63.7 Å². The first kappa shape index (κ1) is 20.8. The van der Waals surface area contributed by atoms with Gasteiger partial charge in [0, 0.05) is 12.6 Å². The van der Waals surface area contributed by atoms with Crippen molar-refractivity contribution in [1.29, 1.82) is 0 Å². The lowest BCUT2D eigenvalue weighted by molar-refractivity contribution is 0.00481. The molecular weight excluding hydrogens is 334 g/mol. The van der Waals surface area contributed by atoms with Crippen LogP contribution in [0.25, 0.3) is 0 Å². The van der Waals surface area contributed by atoms with Crippen LogP contribution in [0.15, 0.2) is 12.1 Å². The van der Waals surface area contributed by atoms with Crippen LogP contribution < -0.4 is 14.2 Å². The van der Waals surface area contributed by atoms with Gasteiger partial charge in [0.1, 0.15) is 0 Å². The summed E-state index contributed by atoms with van der Waals surface area (Å²) >= 11 is 0. The van der Waals surface area contributed by atoms with E-state index in [1.165, 1.54) is 32.1 Å². The third-order valence-corrected chi connectivity index (χ3v) is 5.00. The van der Waals surface area contributed by atoms with Crippen molar-refractivity contribution >= 4 is 0 Å². The fraction of sp³-hybridized carbons (Fsp3) is 0.700. The molecule has 0 radical (unpaired) electrons. The molecule has 1 aromatic carbocycles. The maximum Gasteiger partial charge on any atom is 0.203 e. The SMILES string of the molecule is COc1cc(COC[C@@H](O)CN(C)C2CCCCC2)cc(OC)c1OC. The molecule has 0 spiro atoms. The molecule has 1 saturated carbocycles. The summed E-state index contributed by atoms with van der Waals surface area (Å²) in [5.74, 6) is 1.76. The van der Waals surface area contributed by atoms with Crippen LogP contribution >= 0.6 is 0 Å². The Morgan fingerprint density at radius 1 is 1.04 bits per heavy atom. The minimum Gasteiger partial charge on any atom is -0.493 e. The number of rotatable bonds is 10. The van der Waals surface area contributed by atoms with E-state index in [9.17, 15) is 5.11 Å². The van der Waals surface area contributed by atoms with Gasteiger partial charge in [0.15, 0.2) is 11.5 Å². The number of nitrogens with zero attached hydrogens (tertiary/aromatic N) is 1. The van der Waals surface area contributed by atoms with Gasteiger partial charge in [0.05, 0.1) is 40.6 Å². The fourth-order valence-electron chi connectivity index (χ4n) is 3.59. The maximum absolute atomic E-state index is 10.3. The van der Waals surface area contributed by atoms with Gasteiger partial charge in [-0.15, -0.1) is 0 Å². The Kier molecular flexibility index (Phi) is 8.48. The molecule has 0 saturated heterocycles. The molecule has 0 heterocycles. The summed E-state index contributed by atoms with van der Waals surface area (Å²) in [4.78, 5) is 2.27. The molecule has 1 aliphatic carbocycles. The molecule has 0 bridgehead atoms. The van der Waals surface area contributed by atoms with E-state index in [2.05, 4.69) is 11.9 Å². The van der Waals surface area contributed by atoms with Crippen LogP contribution in [0, 0.1) is 0 Å². The summed E-state index contributed by atoms with van der Waals surface area (Å²) in [6.07, 6.45) is 5.89. The van der Waals surface area contributed by atoms with Crippen LogP contribution in [0.4, 0.5) is 0 Å². The van der Waals surface area contributed by atoms with Gasteiger partial charge >= 0.3 is 0 Å². The van der Waals surface area contributed by atoms with Crippen molar-refractivity contribution in [3.05, 3.63) is 17.7 Å². The zero-order valence-electron chi connectivity index (χ0n) is 16.5. The summed E-state index contributed by atoms with van der Waals surface area (Å²) in [5.41, 5.74) is 0.910. The molecule has 6 nitrogen and oxygen atoms in total. The normalized spacial score (nSPS) is 16.5. The Labute approximate surface area is 157 Å². The van der Waals surface area contributed by atoms with Gasteiger partial charge in [-0.05, 0) is 37.6 Å². The zero-order chi connectivity index (χ0) is 18.9. The molecule has 1 aliphatic rings.